The predicted octanol–water partition coefficient (Wildman–Crippen LogP) is 10.1. The Bertz CT molecular complexity index is 2790. The van der Waals surface area contributed by atoms with Crippen molar-refractivity contribution in [3.8, 4) is 34.2 Å². The summed E-state index contributed by atoms with van der Waals surface area (Å²) in [5, 5.41) is 4.75. The van der Waals surface area contributed by atoms with E-state index < -0.39 is 0 Å². The number of pyridine rings is 1. The summed E-state index contributed by atoms with van der Waals surface area (Å²) >= 11 is 0. The van der Waals surface area contributed by atoms with Gasteiger partial charge in [-0.1, -0.05) is 72.8 Å². The minimum absolute atomic E-state index is 0.577. The molecule has 0 N–H and O–H groups in total. The van der Waals surface area contributed by atoms with Gasteiger partial charge in [-0.3, -0.25) is 9.55 Å². The molecule has 5 heterocycles. The van der Waals surface area contributed by atoms with E-state index in [-0.39, 0.29) is 0 Å². The van der Waals surface area contributed by atoms with Crippen molar-refractivity contribution >= 4 is 54.7 Å². The fraction of sp³-hybridized carbons (Fsp3) is 0. The molecule has 6 heteroatoms. The number of para-hydroxylation sites is 3. The molecule has 0 radical (unpaired) electrons. The van der Waals surface area contributed by atoms with Crippen LogP contribution < -0.4 is 0 Å². The van der Waals surface area contributed by atoms with Crippen LogP contribution in [0.5, 0.6) is 0 Å². The Morgan fingerprint density at radius 3 is 1.81 bits per heavy atom. The number of nitrogens with zero attached hydrogens (tertiary/aromatic N) is 5. The number of benzene rings is 5. The number of hydrogen-bond acceptors (Lipinski definition) is 4. The van der Waals surface area contributed by atoms with Crippen LogP contribution in [0.4, 0.5) is 0 Å². The second-order valence-electron chi connectivity index (χ2n) is 11.7. The molecule has 0 aliphatic rings. The first-order valence-electron chi connectivity index (χ1n) is 15.6. The molecule has 220 valence electrons. The van der Waals surface area contributed by atoms with Crippen LogP contribution in [0.1, 0.15) is 0 Å². The Labute approximate surface area is 268 Å². The molecule has 5 aromatic carbocycles. The Hall–Kier alpha value is -6.53. The Kier molecular flexibility index (Phi) is 5.48. The van der Waals surface area contributed by atoms with Crippen molar-refractivity contribution in [2.45, 2.75) is 0 Å². The van der Waals surface area contributed by atoms with Crippen molar-refractivity contribution in [3.05, 3.63) is 152 Å². The smallest absolute Gasteiger partial charge is 0.236 e. The number of fused-ring (bicyclic) bond motifs is 7. The standard InChI is InChI=1S/C41H25N5O/c1-2-10-28(11-3-1)45-35-15-6-4-12-29(35)31-24-26(17-19-37(31)45)27-18-20-38-32(25-27)30-13-5-7-16-36(30)46(38)41-43-34-21-23-47-40(34)39(44-41)33-14-8-9-22-42-33/h1-25H. The maximum Gasteiger partial charge on any atom is 0.236 e. The van der Waals surface area contributed by atoms with Gasteiger partial charge in [0.05, 0.1) is 34.0 Å². The maximum absolute atomic E-state index is 5.82. The molecule has 0 fully saturated rings. The molecule has 6 nitrogen and oxygen atoms in total. The minimum atomic E-state index is 0.577. The van der Waals surface area contributed by atoms with Crippen LogP contribution in [0, 0.1) is 0 Å². The molecule has 0 saturated carbocycles. The largest absolute Gasteiger partial charge is 0.460 e. The van der Waals surface area contributed by atoms with Gasteiger partial charge in [0.25, 0.3) is 0 Å². The highest BCUT2D eigenvalue weighted by Crippen LogP contribution is 2.38. The maximum atomic E-state index is 5.82. The monoisotopic (exact) mass is 603 g/mol. The molecule has 0 amide bonds. The molecule has 0 unspecified atom stereocenters. The lowest BCUT2D eigenvalue weighted by atomic mass is 10.0. The molecule has 0 spiro atoms. The van der Waals surface area contributed by atoms with Crippen LogP contribution in [0.25, 0.3) is 88.9 Å². The fourth-order valence-electron chi connectivity index (χ4n) is 7.00. The van der Waals surface area contributed by atoms with E-state index in [1.54, 1.807) is 12.5 Å². The van der Waals surface area contributed by atoms with Crippen molar-refractivity contribution < 1.29 is 4.42 Å². The first kappa shape index (κ1) is 25.8. The average Bonchev–Trinajstić information content (AvgIpc) is 3.84. The van der Waals surface area contributed by atoms with Crippen molar-refractivity contribution in [1.82, 2.24) is 24.1 Å². The van der Waals surface area contributed by atoms with Gasteiger partial charge in [0.2, 0.25) is 5.95 Å². The second kappa shape index (κ2) is 9.99. The zero-order valence-corrected chi connectivity index (χ0v) is 25.1. The van der Waals surface area contributed by atoms with E-state index in [0.717, 1.165) is 44.3 Å². The van der Waals surface area contributed by atoms with Crippen LogP contribution in [0.15, 0.2) is 156 Å². The van der Waals surface area contributed by atoms with E-state index in [4.69, 9.17) is 14.4 Å². The van der Waals surface area contributed by atoms with Crippen molar-refractivity contribution in [2.24, 2.45) is 0 Å². The van der Waals surface area contributed by atoms with Crippen LogP contribution in [-0.2, 0) is 0 Å². The summed E-state index contributed by atoms with van der Waals surface area (Å²) in [6.07, 6.45) is 3.42. The third-order valence-electron chi connectivity index (χ3n) is 9.09. The summed E-state index contributed by atoms with van der Waals surface area (Å²) in [5.41, 5.74) is 10.7. The molecule has 5 aromatic heterocycles. The van der Waals surface area contributed by atoms with Gasteiger partial charge in [0, 0.05) is 39.5 Å². The normalized spacial score (nSPS) is 11.8. The zero-order chi connectivity index (χ0) is 30.9. The molecule has 10 aromatic rings. The van der Waals surface area contributed by atoms with E-state index in [9.17, 15) is 0 Å². The highest BCUT2D eigenvalue weighted by Gasteiger charge is 2.20. The Morgan fingerprint density at radius 1 is 0.489 bits per heavy atom. The first-order valence-corrected chi connectivity index (χ1v) is 15.6. The van der Waals surface area contributed by atoms with E-state index in [0.29, 0.717) is 17.2 Å². The van der Waals surface area contributed by atoms with Gasteiger partial charge in [-0.2, -0.15) is 0 Å². The Balaban J connectivity index is 1.18. The summed E-state index contributed by atoms with van der Waals surface area (Å²) < 4.78 is 10.3. The number of aromatic nitrogens is 5. The molecule has 0 bridgehead atoms. The quantitative estimate of drug-likeness (QED) is 0.201. The van der Waals surface area contributed by atoms with Crippen molar-refractivity contribution in [3.63, 3.8) is 0 Å². The van der Waals surface area contributed by atoms with Gasteiger partial charge >= 0.3 is 0 Å². The lowest BCUT2D eigenvalue weighted by Crippen LogP contribution is -2.03. The van der Waals surface area contributed by atoms with Gasteiger partial charge in [0.1, 0.15) is 11.2 Å². The summed E-state index contributed by atoms with van der Waals surface area (Å²) in [4.78, 5) is 14.6. The topological polar surface area (TPSA) is 61.7 Å². The summed E-state index contributed by atoms with van der Waals surface area (Å²) in [6.45, 7) is 0. The van der Waals surface area contributed by atoms with E-state index in [2.05, 4.69) is 129 Å². The van der Waals surface area contributed by atoms with Crippen LogP contribution >= 0.6 is 0 Å². The molecular formula is C41H25N5O. The van der Waals surface area contributed by atoms with Crippen LogP contribution in [0.2, 0.25) is 0 Å². The second-order valence-corrected chi connectivity index (χ2v) is 11.7. The fourth-order valence-corrected chi connectivity index (χ4v) is 7.00. The molecule has 0 saturated heterocycles. The third-order valence-corrected chi connectivity index (χ3v) is 9.09. The third kappa shape index (κ3) is 3.88. The van der Waals surface area contributed by atoms with E-state index in [1.807, 2.05) is 24.3 Å². The van der Waals surface area contributed by atoms with Crippen molar-refractivity contribution in [1.29, 1.82) is 0 Å². The molecule has 47 heavy (non-hydrogen) atoms. The van der Waals surface area contributed by atoms with Gasteiger partial charge < -0.3 is 8.98 Å². The molecule has 10 rings (SSSR count). The summed E-state index contributed by atoms with van der Waals surface area (Å²) in [5.74, 6) is 0.577. The molecule has 0 aliphatic carbocycles. The highest BCUT2D eigenvalue weighted by atomic mass is 16.3. The SMILES string of the molecule is c1ccc(-n2c3ccccc3c3cc(-c4ccc5c(c4)c4ccccc4n5-c4nc(-c5ccccn5)c5occc5n4)ccc32)cc1. The van der Waals surface area contributed by atoms with Crippen molar-refractivity contribution in [2.75, 3.05) is 0 Å². The zero-order valence-electron chi connectivity index (χ0n) is 25.1. The minimum Gasteiger partial charge on any atom is -0.460 e. The number of rotatable bonds is 4. The first-order chi connectivity index (χ1) is 23.3. The highest BCUT2D eigenvalue weighted by molar-refractivity contribution is 6.12. The average molecular weight is 604 g/mol. The van der Waals surface area contributed by atoms with Gasteiger partial charge in [-0.05, 0) is 71.8 Å². The lowest BCUT2D eigenvalue weighted by molar-refractivity contribution is 0.614. The van der Waals surface area contributed by atoms with E-state index >= 15 is 0 Å². The number of hydrogen-bond donors (Lipinski definition) is 0. The molecular weight excluding hydrogens is 578 g/mol. The predicted molar refractivity (Wildman–Crippen MR) is 189 cm³/mol. The van der Waals surface area contributed by atoms with Gasteiger partial charge in [-0.25, -0.2) is 9.97 Å². The Morgan fingerprint density at radius 2 is 1.11 bits per heavy atom. The van der Waals surface area contributed by atoms with Gasteiger partial charge in [-0.15, -0.1) is 0 Å². The molecule has 0 atom stereocenters. The van der Waals surface area contributed by atoms with Crippen LogP contribution in [0.3, 0.4) is 0 Å². The summed E-state index contributed by atoms with van der Waals surface area (Å²) in [7, 11) is 0. The lowest BCUT2D eigenvalue weighted by Gasteiger charge is -2.09. The number of furan rings is 1. The van der Waals surface area contributed by atoms with Crippen LogP contribution in [-0.4, -0.2) is 24.1 Å². The van der Waals surface area contributed by atoms with E-state index in [1.165, 1.54) is 27.4 Å². The molecule has 0 aliphatic heterocycles. The van der Waals surface area contributed by atoms with Gasteiger partial charge in [0.15, 0.2) is 5.58 Å². The summed E-state index contributed by atoms with van der Waals surface area (Å²) in [6, 6.07) is 48.8.